The Labute approximate surface area is 102 Å². The van der Waals surface area contributed by atoms with Gasteiger partial charge in [0, 0.05) is 23.6 Å². The molecule has 1 heterocycles. The van der Waals surface area contributed by atoms with Gasteiger partial charge in [-0.25, -0.2) is 0 Å². The van der Waals surface area contributed by atoms with Gasteiger partial charge < -0.3 is 15.7 Å². The van der Waals surface area contributed by atoms with Crippen molar-refractivity contribution < 1.29 is 9.90 Å². The number of likely N-dealkylation sites (tertiary alicyclic amines) is 1. The molecule has 1 amide bonds. The topological polar surface area (TPSA) is 66.6 Å². The number of aromatic hydroxyl groups is 1. The van der Waals surface area contributed by atoms with Gasteiger partial charge in [0.05, 0.1) is 5.56 Å². The third-order valence-corrected chi connectivity index (χ3v) is 3.20. The highest BCUT2D eigenvalue weighted by molar-refractivity contribution is 9.10. The molecule has 86 valence electrons. The van der Waals surface area contributed by atoms with Crippen molar-refractivity contribution >= 4 is 21.8 Å². The van der Waals surface area contributed by atoms with Crippen molar-refractivity contribution in [3.05, 3.63) is 28.2 Å². The number of carbonyl (C=O) groups excluding carboxylic acids is 1. The molecule has 16 heavy (non-hydrogen) atoms. The van der Waals surface area contributed by atoms with Gasteiger partial charge in [-0.3, -0.25) is 4.79 Å². The lowest BCUT2D eigenvalue weighted by Gasteiger charge is -2.16. The van der Waals surface area contributed by atoms with Crippen molar-refractivity contribution in [1.82, 2.24) is 4.90 Å². The Balaban J connectivity index is 2.21. The van der Waals surface area contributed by atoms with E-state index in [0.717, 1.165) is 10.9 Å². The van der Waals surface area contributed by atoms with Crippen LogP contribution in [0.15, 0.2) is 22.7 Å². The number of benzene rings is 1. The van der Waals surface area contributed by atoms with E-state index in [9.17, 15) is 9.90 Å². The van der Waals surface area contributed by atoms with Gasteiger partial charge in [0.1, 0.15) is 5.75 Å². The van der Waals surface area contributed by atoms with Gasteiger partial charge in [-0.2, -0.15) is 0 Å². The van der Waals surface area contributed by atoms with Gasteiger partial charge in [0.25, 0.3) is 5.91 Å². The molecule has 1 aromatic rings. The summed E-state index contributed by atoms with van der Waals surface area (Å²) in [5, 5.41) is 9.68. The lowest BCUT2D eigenvalue weighted by molar-refractivity contribution is 0.0788. The van der Waals surface area contributed by atoms with Gasteiger partial charge in [0.2, 0.25) is 0 Å². The van der Waals surface area contributed by atoms with Crippen LogP contribution in [0.1, 0.15) is 16.8 Å². The molecule has 0 aromatic heterocycles. The number of nitrogens with zero attached hydrogens (tertiary/aromatic N) is 1. The largest absolute Gasteiger partial charge is 0.507 e. The normalized spacial score (nSPS) is 20.1. The number of carbonyl (C=O) groups is 1. The number of nitrogens with two attached hydrogens (primary N) is 1. The molecule has 1 atom stereocenters. The van der Waals surface area contributed by atoms with E-state index in [1.807, 2.05) is 0 Å². The number of amides is 1. The Morgan fingerprint density at radius 1 is 1.56 bits per heavy atom. The molecule has 0 aliphatic carbocycles. The molecule has 0 unspecified atom stereocenters. The fourth-order valence-corrected chi connectivity index (χ4v) is 2.18. The second-order valence-electron chi connectivity index (χ2n) is 3.96. The number of rotatable bonds is 1. The van der Waals surface area contributed by atoms with Gasteiger partial charge in [0.15, 0.2) is 0 Å². The predicted octanol–water partition coefficient (Wildman–Crippen LogP) is 1.33. The summed E-state index contributed by atoms with van der Waals surface area (Å²) in [6.07, 6.45) is 0.822. The summed E-state index contributed by atoms with van der Waals surface area (Å²) in [5.74, 6) is -0.155. The zero-order chi connectivity index (χ0) is 11.7. The highest BCUT2D eigenvalue weighted by Crippen LogP contribution is 2.24. The number of phenolic OH excluding ortho intramolecular Hbond substituents is 1. The maximum absolute atomic E-state index is 12.0. The summed E-state index contributed by atoms with van der Waals surface area (Å²) in [4.78, 5) is 13.7. The maximum atomic E-state index is 12.0. The number of phenols is 1. The van der Waals surface area contributed by atoms with E-state index in [-0.39, 0.29) is 17.7 Å². The highest BCUT2D eigenvalue weighted by Gasteiger charge is 2.25. The molecule has 1 fully saturated rings. The van der Waals surface area contributed by atoms with E-state index in [0.29, 0.717) is 18.7 Å². The van der Waals surface area contributed by atoms with Crippen LogP contribution >= 0.6 is 15.9 Å². The average Bonchev–Trinajstić information content (AvgIpc) is 2.64. The minimum atomic E-state index is -0.155. The van der Waals surface area contributed by atoms with Crippen molar-refractivity contribution in [1.29, 1.82) is 0 Å². The van der Waals surface area contributed by atoms with Crippen LogP contribution in [0.3, 0.4) is 0 Å². The van der Waals surface area contributed by atoms with Crippen LogP contribution in [0.2, 0.25) is 0 Å². The highest BCUT2D eigenvalue weighted by atomic mass is 79.9. The maximum Gasteiger partial charge on any atom is 0.257 e. The summed E-state index contributed by atoms with van der Waals surface area (Å²) in [6.45, 7) is 1.23. The Bertz CT molecular complexity index is 422. The first kappa shape index (κ1) is 11.4. The molecule has 2 rings (SSSR count). The minimum Gasteiger partial charge on any atom is -0.507 e. The van der Waals surface area contributed by atoms with Gasteiger partial charge in [-0.1, -0.05) is 15.9 Å². The van der Waals surface area contributed by atoms with Crippen molar-refractivity contribution in [2.24, 2.45) is 5.73 Å². The Kier molecular flexibility index (Phi) is 3.16. The van der Waals surface area contributed by atoms with Crippen LogP contribution in [0.5, 0.6) is 5.75 Å². The molecule has 0 spiro atoms. The SMILES string of the molecule is N[C@H]1CCN(C(=O)c2ccc(Br)cc2O)C1. The summed E-state index contributed by atoms with van der Waals surface area (Å²) in [7, 11) is 0. The second kappa shape index (κ2) is 4.43. The van der Waals surface area contributed by atoms with Crippen LogP contribution in [0, 0.1) is 0 Å². The summed E-state index contributed by atoms with van der Waals surface area (Å²) < 4.78 is 0.750. The molecule has 5 heteroatoms. The van der Waals surface area contributed by atoms with Crippen LogP contribution < -0.4 is 5.73 Å². The summed E-state index contributed by atoms with van der Waals surface area (Å²) in [6, 6.07) is 4.93. The average molecular weight is 285 g/mol. The molecule has 0 bridgehead atoms. The van der Waals surface area contributed by atoms with Crippen LogP contribution in [-0.4, -0.2) is 35.0 Å². The van der Waals surface area contributed by atoms with Crippen molar-refractivity contribution in [2.45, 2.75) is 12.5 Å². The molecule has 0 radical (unpaired) electrons. The lowest BCUT2D eigenvalue weighted by atomic mass is 10.2. The van der Waals surface area contributed by atoms with E-state index in [1.165, 1.54) is 6.07 Å². The van der Waals surface area contributed by atoms with Crippen LogP contribution in [-0.2, 0) is 0 Å². The van der Waals surface area contributed by atoms with E-state index in [1.54, 1.807) is 17.0 Å². The Morgan fingerprint density at radius 2 is 2.31 bits per heavy atom. The molecular formula is C11H13BrN2O2. The Hall–Kier alpha value is -1.07. The quantitative estimate of drug-likeness (QED) is 0.818. The fourth-order valence-electron chi connectivity index (χ4n) is 1.83. The first-order chi connectivity index (χ1) is 7.58. The molecule has 4 nitrogen and oxygen atoms in total. The number of hydrogen-bond donors (Lipinski definition) is 2. The lowest BCUT2D eigenvalue weighted by Crippen LogP contribution is -2.31. The first-order valence-electron chi connectivity index (χ1n) is 5.11. The van der Waals surface area contributed by atoms with Crippen LogP contribution in [0.4, 0.5) is 0 Å². The minimum absolute atomic E-state index is 0.000142. The molecular weight excluding hydrogens is 272 g/mol. The molecule has 1 aromatic carbocycles. The zero-order valence-corrected chi connectivity index (χ0v) is 10.3. The smallest absolute Gasteiger partial charge is 0.257 e. The third-order valence-electron chi connectivity index (χ3n) is 2.70. The van der Waals surface area contributed by atoms with E-state index >= 15 is 0 Å². The van der Waals surface area contributed by atoms with Gasteiger partial charge in [-0.05, 0) is 24.6 Å². The predicted molar refractivity (Wildman–Crippen MR) is 64.3 cm³/mol. The zero-order valence-electron chi connectivity index (χ0n) is 8.69. The van der Waals surface area contributed by atoms with Crippen molar-refractivity contribution in [2.75, 3.05) is 13.1 Å². The molecule has 1 saturated heterocycles. The Morgan fingerprint density at radius 3 is 2.88 bits per heavy atom. The van der Waals surface area contributed by atoms with E-state index < -0.39 is 0 Å². The summed E-state index contributed by atoms with van der Waals surface area (Å²) in [5.41, 5.74) is 6.07. The summed E-state index contributed by atoms with van der Waals surface area (Å²) >= 11 is 3.23. The molecule has 0 saturated carbocycles. The molecule has 1 aliphatic heterocycles. The monoisotopic (exact) mass is 284 g/mol. The third kappa shape index (κ3) is 2.20. The van der Waals surface area contributed by atoms with Crippen molar-refractivity contribution in [3.8, 4) is 5.75 Å². The van der Waals surface area contributed by atoms with Crippen LogP contribution in [0.25, 0.3) is 0 Å². The van der Waals surface area contributed by atoms with E-state index in [4.69, 9.17) is 5.73 Å². The first-order valence-corrected chi connectivity index (χ1v) is 5.90. The standard InChI is InChI=1S/C11H13BrN2O2/c12-7-1-2-9(10(15)5-7)11(16)14-4-3-8(13)6-14/h1-2,5,8,15H,3-4,6,13H2/t8-/m0/s1. The number of hydrogen-bond acceptors (Lipinski definition) is 3. The van der Waals surface area contributed by atoms with Crippen molar-refractivity contribution in [3.63, 3.8) is 0 Å². The number of halogens is 1. The molecule has 3 N–H and O–H groups in total. The molecule has 1 aliphatic rings. The van der Waals surface area contributed by atoms with Gasteiger partial charge in [-0.15, -0.1) is 0 Å². The van der Waals surface area contributed by atoms with E-state index in [2.05, 4.69) is 15.9 Å². The second-order valence-corrected chi connectivity index (χ2v) is 4.88. The van der Waals surface area contributed by atoms with Gasteiger partial charge >= 0.3 is 0 Å². The fraction of sp³-hybridized carbons (Fsp3) is 0.364.